The average Bonchev–Trinajstić information content (AvgIpc) is 2.99. The second kappa shape index (κ2) is 7.24. The summed E-state index contributed by atoms with van der Waals surface area (Å²) in [6.07, 6.45) is 6.10. The predicted octanol–water partition coefficient (Wildman–Crippen LogP) is 1.20. The van der Waals surface area contributed by atoms with Crippen molar-refractivity contribution in [2.24, 2.45) is 7.05 Å². The first-order valence-corrected chi connectivity index (χ1v) is 8.33. The Morgan fingerprint density at radius 2 is 2.14 bits per heavy atom. The fraction of sp³-hybridized carbons (Fsp3) is 0.750. The van der Waals surface area contributed by atoms with Crippen molar-refractivity contribution in [3.05, 3.63) is 18.0 Å². The Balaban J connectivity index is 1.57. The molecular formula is C16H26N4O2. The summed E-state index contributed by atoms with van der Waals surface area (Å²) in [7, 11) is 2.00. The molecule has 0 N–H and O–H groups in total. The number of hydrogen-bond donors (Lipinski definition) is 0. The fourth-order valence-electron chi connectivity index (χ4n) is 3.51. The molecular weight excluding hydrogens is 280 g/mol. The second-order valence-electron chi connectivity index (χ2n) is 6.17. The molecule has 0 saturated carbocycles. The maximum absolute atomic E-state index is 12.3. The van der Waals surface area contributed by atoms with Crippen molar-refractivity contribution in [2.45, 2.75) is 31.7 Å². The van der Waals surface area contributed by atoms with Crippen molar-refractivity contribution in [1.29, 1.82) is 0 Å². The highest BCUT2D eigenvalue weighted by Gasteiger charge is 2.27. The van der Waals surface area contributed by atoms with Crippen LogP contribution in [0.3, 0.4) is 0 Å². The van der Waals surface area contributed by atoms with Crippen LogP contribution >= 0.6 is 0 Å². The monoisotopic (exact) mass is 306 g/mol. The number of hydrogen-bond acceptors (Lipinski definition) is 4. The first-order valence-electron chi connectivity index (χ1n) is 8.33. The van der Waals surface area contributed by atoms with Gasteiger partial charge in [-0.3, -0.25) is 14.4 Å². The Kier molecular flexibility index (Phi) is 5.10. The first-order chi connectivity index (χ1) is 10.8. The van der Waals surface area contributed by atoms with Crippen molar-refractivity contribution in [3.63, 3.8) is 0 Å². The molecule has 2 aliphatic rings. The summed E-state index contributed by atoms with van der Waals surface area (Å²) in [5.74, 6) is 0.262. The van der Waals surface area contributed by atoms with Gasteiger partial charge in [-0.05, 0) is 25.5 Å². The summed E-state index contributed by atoms with van der Waals surface area (Å²) in [6.45, 7) is 4.74. The third-order valence-corrected chi connectivity index (χ3v) is 4.79. The average molecular weight is 306 g/mol. The maximum Gasteiger partial charge on any atom is 0.224 e. The molecule has 0 aromatic carbocycles. The van der Waals surface area contributed by atoms with E-state index >= 15 is 0 Å². The molecule has 1 aromatic rings. The highest BCUT2D eigenvalue weighted by Crippen LogP contribution is 2.30. The van der Waals surface area contributed by atoms with Crippen LogP contribution in [0.15, 0.2) is 12.3 Å². The number of ether oxygens (including phenoxy) is 1. The Morgan fingerprint density at radius 3 is 2.86 bits per heavy atom. The molecule has 0 aliphatic carbocycles. The molecule has 1 unspecified atom stereocenters. The van der Waals surface area contributed by atoms with Gasteiger partial charge in [0, 0.05) is 39.3 Å². The number of likely N-dealkylation sites (tertiary alicyclic amines) is 1. The summed E-state index contributed by atoms with van der Waals surface area (Å²) in [5, 5.41) is 4.30. The molecule has 3 rings (SSSR count). The quantitative estimate of drug-likeness (QED) is 0.838. The summed E-state index contributed by atoms with van der Waals surface area (Å²) < 4.78 is 7.27. The Hall–Kier alpha value is -1.40. The number of piperidine rings is 1. The van der Waals surface area contributed by atoms with Crippen LogP contribution in [0.4, 0.5) is 0 Å². The van der Waals surface area contributed by atoms with Crippen LogP contribution in [0.2, 0.25) is 0 Å². The zero-order chi connectivity index (χ0) is 15.4. The van der Waals surface area contributed by atoms with Gasteiger partial charge in [0.2, 0.25) is 5.91 Å². The van der Waals surface area contributed by atoms with Gasteiger partial charge in [0.1, 0.15) is 0 Å². The molecule has 1 atom stereocenters. The number of aromatic nitrogens is 2. The molecule has 0 spiro atoms. The zero-order valence-electron chi connectivity index (χ0n) is 13.4. The normalized spacial score (nSPS) is 23.7. The van der Waals surface area contributed by atoms with Gasteiger partial charge in [-0.25, -0.2) is 0 Å². The number of morpholine rings is 1. The SMILES string of the molecule is Cn1nccc1C1CCCCN1CCC(=O)N1CCOCC1. The number of rotatable bonds is 4. The molecule has 2 fully saturated rings. The van der Waals surface area contributed by atoms with Crippen LogP contribution in [0.5, 0.6) is 0 Å². The Morgan fingerprint density at radius 1 is 1.32 bits per heavy atom. The van der Waals surface area contributed by atoms with Crippen molar-refractivity contribution < 1.29 is 9.53 Å². The van der Waals surface area contributed by atoms with Crippen molar-refractivity contribution >= 4 is 5.91 Å². The van der Waals surface area contributed by atoms with Crippen molar-refractivity contribution in [3.8, 4) is 0 Å². The van der Waals surface area contributed by atoms with E-state index in [0.717, 1.165) is 32.6 Å². The van der Waals surface area contributed by atoms with Crippen LogP contribution in [0, 0.1) is 0 Å². The second-order valence-corrected chi connectivity index (χ2v) is 6.17. The number of carbonyl (C=O) groups excluding carboxylic acids is 1. The van der Waals surface area contributed by atoms with E-state index in [9.17, 15) is 4.79 Å². The molecule has 0 radical (unpaired) electrons. The number of amides is 1. The summed E-state index contributed by atoms with van der Waals surface area (Å²) in [4.78, 5) is 16.7. The fourth-order valence-corrected chi connectivity index (χ4v) is 3.51. The molecule has 122 valence electrons. The highest BCUT2D eigenvalue weighted by atomic mass is 16.5. The van der Waals surface area contributed by atoms with Gasteiger partial charge < -0.3 is 9.64 Å². The summed E-state index contributed by atoms with van der Waals surface area (Å²) in [5.41, 5.74) is 1.26. The van der Waals surface area contributed by atoms with Gasteiger partial charge in [0.25, 0.3) is 0 Å². The standard InChI is InChI=1S/C16H26N4O2/c1-18-14(5-7-17-18)15-4-2-3-8-19(15)9-6-16(21)20-10-12-22-13-11-20/h5,7,15H,2-4,6,8-13H2,1H3. The molecule has 6 heteroatoms. The van der Waals surface area contributed by atoms with Gasteiger partial charge in [0.05, 0.1) is 24.9 Å². The van der Waals surface area contributed by atoms with Crippen LogP contribution in [0.25, 0.3) is 0 Å². The minimum absolute atomic E-state index is 0.262. The molecule has 1 amide bonds. The molecule has 2 saturated heterocycles. The van der Waals surface area contributed by atoms with Gasteiger partial charge >= 0.3 is 0 Å². The van der Waals surface area contributed by atoms with Gasteiger partial charge in [-0.1, -0.05) is 6.42 Å². The molecule has 3 heterocycles. The lowest BCUT2D eigenvalue weighted by molar-refractivity contribution is -0.135. The Labute approximate surface area is 132 Å². The van der Waals surface area contributed by atoms with E-state index in [1.54, 1.807) is 0 Å². The smallest absolute Gasteiger partial charge is 0.224 e. The minimum atomic E-state index is 0.262. The van der Waals surface area contributed by atoms with Crippen LogP contribution < -0.4 is 0 Å². The predicted molar refractivity (Wildman–Crippen MR) is 83.4 cm³/mol. The van der Waals surface area contributed by atoms with E-state index in [-0.39, 0.29) is 5.91 Å². The van der Waals surface area contributed by atoms with Crippen LogP contribution in [-0.2, 0) is 16.6 Å². The molecule has 22 heavy (non-hydrogen) atoms. The van der Waals surface area contributed by atoms with E-state index < -0.39 is 0 Å². The third-order valence-electron chi connectivity index (χ3n) is 4.79. The van der Waals surface area contributed by atoms with E-state index in [0.29, 0.717) is 25.7 Å². The summed E-state index contributed by atoms with van der Waals surface area (Å²) >= 11 is 0. The van der Waals surface area contributed by atoms with Gasteiger partial charge in [-0.15, -0.1) is 0 Å². The number of nitrogens with zero attached hydrogens (tertiary/aromatic N) is 4. The van der Waals surface area contributed by atoms with Crippen LogP contribution in [-0.4, -0.2) is 64.9 Å². The summed E-state index contributed by atoms with van der Waals surface area (Å²) in [6, 6.07) is 2.51. The lowest BCUT2D eigenvalue weighted by Gasteiger charge is -2.36. The topological polar surface area (TPSA) is 50.6 Å². The first kappa shape index (κ1) is 15.5. The van der Waals surface area contributed by atoms with E-state index in [4.69, 9.17) is 4.74 Å². The molecule has 0 bridgehead atoms. The van der Waals surface area contributed by atoms with Crippen LogP contribution in [0.1, 0.15) is 37.4 Å². The maximum atomic E-state index is 12.3. The highest BCUT2D eigenvalue weighted by molar-refractivity contribution is 5.76. The lowest BCUT2D eigenvalue weighted by Crippen LogP contribution is -2.43. The number of carbonyl (C=O) groups is 1. The van der Waals surface area contributed by atoms with E-state index in [1.807, 2.05) is 22.8 Å². The molecule has 6 nitrogen and oxygen atoms in total. The Bertz CT molecular complexity index is 496. The van der Waals surface area contributed by atoms with Crippen molar-refractivity contribution in [1.82, 2.24) is 19.6 Å². The minimum Gasteiger partial charge on any atom is -0.378 e. The number of aryl methyl sites for hydroxylation is 1. The molecule has 2 aliphatic heterocycles. The lowest BCUT2D eigenvalue weighted by atomic mass is 9.99. The zero-order valence-corrected chi connectivity index (χ0v) is 13.4. The molecule has 1 aromatic heterocycles. The van der Waals surface area contributed by atoms with Gasteiger partial charge in [0.15, 0.2) is 0 Å². The van der Waals surface area contributed by atoms with E-state index in [2.05, 4.69) is 16.1 Å². The largest absolute Gasteiger partial charge is 0.378 e. The van der Waals surface area contributed by atoms with Gasteiger partial charge in [-0.2, -0.15) is 5.10 Å². The van der Waals surface area contributed by atoms with Crippen molar-refractivity contribution in [2.75, 3.05) is 39.4 Å². The van der Waals surface area contributed by atoms with E-state index in [1.165, 1.54) is 18.5 Å². The third kappa shape index (κ3) is 3.50.